The van der Waals surface area contributed by atoms with Crippen molar-refractivity contribution in [3.63, 3.8) is 0 Å². The van der Waals surface area contributed by atoms with Gasteiger partial charge in [0.2, 0.25) is 0 Å². The number of benzene rings is 2. The topological polar surface area (TPSA) is 23.8 Å². The van der Waals surface area contributed by atoms with Crippen molar-refractivity contribution in [3.8, 4) is 6.07 Å². The maximum Gasteiger partial charge on any atom is 0.416 e. The Kier molecular flexibility index (Phi) is 4.92. The number of nitrogens with zero attached hydrogens (tertiary/aromatic N) is 1. The van der Waals surface area contributed by atoms with E-state index in [1.54, 1.807) is 18.2 Å². The Morgan fingerprint density at radius 1 is 0.952 bits per heavy atom. The first-order valence-corrected chi connectivity index (χ1v) is 7.38. The maximum atomic E-state index is 12.8. The van der Waals surface area contributed by atoms with Gasteiger partial charge in [0, 0.05) is 11.5 Å². The van der Waals surface area contributed by atoms with Crippen molar-refractivity contribution < 1.29 is 13.2 Å². The van der Waals surface area contributed by atoms with E-state index in [0.717, 1.165) is 11.6 Å². The fourth-order valence-corrected chi connectivity index (χ4v) is 2.88. The first-order valence-electron chi connectivity index (χ1n) is 6.22. The van der Waals surface area contributed by atoms with Crippen LogP contribution in [0.1, 0.15) is 22.3 Å². The van der Waals surface area contributed by atoms with E-state index in [9.17, 15) is 13.2 Å². The number of halogens is 3. The molecule has 0 aromatic heterocycles. The number of alkyl halides is 3. The summed E-state index contributed by atoms with van der Waals surface area (Å²) in [5.74, 6) is 0.910. The quantitative estimate of drug-likeness (QED) is 0.792. The molecule has 0 unspecified atom stereocenters. The van der Waals surface area contributed by atoms with Gasteiger partial charge in [-0.2, -0.15) is 30.2 Å². The summed E-state index contributed by atoms with van der Waals surface area (Å²) in [5, 5.41) is 8.70. The normalized spacial score (nSPS) is 11.1. The molecule has 0 aliphatic heterocycles. The molecule has 2 rings (SSSR count). The van der Waals surface area contributed by atoms with E-state index < -0.39 is 11.7 Å². The lowest BCUT2D eigenvalue weighted by Crippen LogP contribution is -2.08. The molecule has 0 heterocycles. The lowest BCUT2D eigenvalue weighted by atomic mass is 10.1. The molecule has 0 aliphatic rings. The minimum Gasteiger partial charge on any atom is -0.192 e. The number of rotatable bonds is 4. The van der Waals surface area contributed by atoms with Crippen LogP contribution in [0.25, 0.3) is 0 Å². The number of hydrogen-bond donors (Lipinski definition) is 0. The van der Waals surface area contributed by atoms with Gasteiger partial charge in [-0.05, 0) is 29.3 Å². The molecule has 0 saturated carbocycles. The van der Waals surface area contributed by atoms with E-state index in [1.807, 2.05) is 18.2 Å². The molecular formula is C16H12F3NS. The summed E-state index contributed by atoms with van der Waals surface area (Å²) in [7, 11) is 0. The van der Waals surface area contributed by atoms with Crippen LogP contribution in [0.4, 0.5) is 13.2 Å². The van der Waals surface area contributed by atoms with Gasteiger partial charge in [0.1, 0.15) is 0 Å². The van der Waals surface area contributed by atoms with Gasteiger partial charge >= 0.3 is 6.18 Å². The Morgan fingerprint density at radius 2 is 1.62 bits per heavy atom. The van der Waals surface area contributed by atoms with Crippen molar-refractivity contribution in [1.82, 2.24) is 0 Å². The number of hydrogen-bond acceptors (Lipinski definition) is 2. The lowest BCUT2D eigenvalue weighted by Gasteiger charge is -2.12. The molecule has 0 N–H and O–H groups in total. The molecule has 0 aliphatic carbocycles. The fourth-order valence-electron chi connectivity index (χ4n) is 1.88. The van der Waals surface area contributed by atoms with Gasteiger partial charge in [-0.25, -0.2) is 0 Å². The molecule has 5 heteroatoms. The summed E-state index contributed by atoms with van der Waals surface area (Å²) in [6, 6.07) is 14.7. The maximum absolute atomic E-state index is 12.8. The van der Waals surface area contributed by atoms with Crippen LogP contribution in [0.5, 0.6) is 0 Å². The summed E-state index contributed by atoms with van der Waals surface area (Å²) in [6.45, 7) is 0. The highest BCUT2D eigenvalue weighted by molar-refractivity contribution is 7.97. The van der Waals surface area contributed by atoms with E-state index in [0.29, 0.717) is 22.6 Å². The van der Waals surface area contributed by atoms with Crippen LogP contribution in [0.3, 0.4) is 0 Å². The molecule has 0 spiro atoms. The van der Waals surface area contributed by atoms with E-state index in [2.05, 4.69) is 0 Å². The van der Waals surface area contributed by atoms with Gasteiger partial charge in [0.25, 0.3) is 0 Å². The second-order valence-electron chi connectivity index (χ2n) is 4.46. The van der Waals surface area contributed by atoms with E-state index >= 15 is 0 Å². The van der Waals surface area contributed by atoms with Crippen LogP contribution in [0, 0.1) is 11.3 Å². The van der Waals surface area contributed by atoms with Crippen LogP contribution >= 0.6 is 11.8 Å². The summed E-state index contributed by atoms with van der Waals surface area (Å²) in [6.07, 6.45) is -4.31. The fraction of sp³-hybridized carbons (Fsp3) is 0.188. The summed E-state index contributed by atoms with van der Waals surface area (Å²) in [5.41, 5.74) is 1.29. The van der Waals surface area contributed by atoms with Gasteiger partial charge in [-0.15, -0.1) is 0 Å². The van der Waals surface area contributed by atoms with Crippen molar-refractivity contribution in [1.29, 1.82) is 5.26 Å². The molecular weight excluding hydrogens is 295 g/mol. The molecule has 0 atom stereocenters. The molecule has 0 bridgehead atoms. The van der Waals surface area contributed by atoms with Crippen LogP contribution in [-0.2, 0) is 17.7 Å². The number of thioether (sulfide) groups is 1. The Bertz CT molecular complexity index is 642. The van der Waals surface area contributed by atoms with Crippen molar-refractivity contribution in [2.24, 2.45) is 0 Å². The van der Waals surface area contributed by atoms with Crippen LogP contribution < -0.4 is 0 Å². The highest BCUT2D eigenvalue weighted by atomic mass is 32.2. The predicted molar refractivity (Wildman–Crippen MR) is 77.6 cm³/mol. The summed E-state index contributed by atoms with van der Waals surface area (Å²) >= 11 is 1.42. The Balaban J connectivity index is 1.99. The zero-order valence-corrected chi connectivity index (χ0v) is 11.8. The van der Waals surface area contributed by atoms with Crippen LogP contribution in [-0.4, -0.2) is 0 Å². The molecule has 2 aromatic rings. The molecule has 1 nitrogen and oxygen atoms in total. The Labute approximate surface area is 125 Å². The van der Waals surface area contributed by atoms with Gasteiger partial charge in [0.05, 0.1) is 17.2 Å². The van der Waals surface area contributed by atoms with Crippen molar-refractivity contribution in [2.75, 3.05) is 0 Å². The second-order valence-corrected chi connectivity index (χ2v) is 5.44. The van der Waals surface area contributed by atoms with Crippen molar-refractivity contribution in [2.45, 2.75) is 17.7 Å². The zero-order valence-electron chi connectivity index (χ0n) is 11.0. The molecule has 2 aromatic carbocycles. The highest BCUT2D eigenvalue weighted by Crippen LogP contribution is 2.33. The predicted octanol–water partition coefficient (Wildman–Crippen LogP) is 5.01. The molecule has 0 amide bonds. The summed E-state index contributed by atoms with van der Waals surface area (Å²) in [4.78, 5) is 0. The molecule has 0 fully saturated rings. The molecule has 0 saturated heterocycles. The van der Waals surface area contributed by atoms with E-state index in [-0.39, 0.29) is 0 Å². The van der Waals surface area contributed by atoms with Crippen LogP contribution in [0.2, 0.25) is 0 Å². The highest BCUT2D eigenvalue weighted by Gasteiger charge is 2.32. The third-order valence-electron chi connectivity index (χ3n) is 2.93. The third kappa shape index (κ3) is 4.27. The van der Waals surface area contributed by atoms with E-state index in [4.69, 9.17) is 5.26 Å². The van der Waals surface area contributed by atoms with E-state index in [1.165, 1.54) is 23.9 Å². The van der Waals surface area contributed by atoms with Gasteiger partial charge in [-0.1, -0.05) is 30.3 Å². The van der Waals surface area contributed by atoms with Crippen LogP contribution in [0.15, 0.2) is 48.5 Å². The second kappa shape index (κ2) is 6.68. The minimum atomic E-state index is -4.31. The van der Waals surface area contributed by atoms with Gasteiger partial charge < -0.3 is 0 Å². The monoisotopic (exact) mass is 307 g/mol. The third-order valence-corrected chi connectivity index (χ3v) is 3.98. The smallest absolute Gasteiger partial charge is 0.192 e. The van der Waals surface area contributed by atoms with Crippen molar-refractivity contribution in [3.05, 3.63) is 70.8 Å². The average molecular weight is 307 g/mol. The summed E-state index contributed by atoms with van der Waals surface area (Å²) < 4.78 is 38.5. The zero-order chi connectivity index (χ0) is 15.3. The largest absolute Gasteiger partial charge is 0.416 e. The van der Waals surface area contributed by atoms with Crippen molar-refractivity contribution >= 4 is 11.8 Å². The number of nitriles is 1. The first-order chi connectivity index (χ1) is 10.0. The molecule has 108 valence electrons. The minimum absolute atomic E-state index is 0.295. The first kappa shape index (κ1) is 15.5. The average Bonchev–Trinajstić information content (AvgIpc) is 2.47. The molecule has 21 heavy (non-hydrogen) atoms. The van der Waals surface area contributed by atoms with Gasteiger partial charge in [-0.3, -0.25) is 0 Å². The lowest BCUT2D eigenvalue weighted by molar-refractivity contribution is -0.138. The van der Waals surface area contributed by atoms with Gasteiger partial charge in [0.15, 0.2) is 0 Å². The standard InChI is InChI=1S/C16H12F3NS/c17-16(18,19)15-4-2-1-3-14(15)11-21-10-13-7-5-12(9-20)6-8-13/h1-8H,10-11H2. The SMILES string of the molecule is N#Cc1ccc(CSCc2ccccc2C(F)(F)F)cc1. The Morgan fingerprint density at radius 3 is 2.24 bits per heavy atom. The Hall–Kier alpha value is -1.93. The molecule has 0 radical (unpaired) electrons.